The Bertz CT molecular complexity index is 5310. The summed E-state index contributed by atoms with van der Waals surface area (Å²) < 4.78 is 21.5. The topological polar surface area (TPSA) is 84.2 Å². The van der Waals surface area contributed by atoms with Gasteiger partial charge in [0.1, 0.15) is 39.6 Å². The Hall–Kier alpha value is -11.5. The first-order chi connectivity index (χ1) is 44.1. The molecule has 0 bridgehead atoms. The van der Waals surface area contributed by atoms with E-state index in [1.807, 2.05) is 91.0 Å². The van der Waals surface area contributed by atoms with Gasteiger partial charge in [-0.25, -0.2) is 4.98 Å². The number of hydrogen-bond acceptors (Lipinski definition) is 7. The highest BCUT2D eigenvalue weighted by Crippen LogP contribution is 2.46. The zero-order valence-corrected chi connectivity index (χ0v) is 49.2. The van der Waals surface area contributed by atoms with Crippen molar-refractivity contribution in [1.82, 2.24) is 24.5 Å². The van der Waals surface area contributed by atoms with Gasteiger partial charge in [0.25, 0.3) is 0 Å². The predicted molar refractivity (Wildman–Crippen MR) is 366 cm³/mol. The summed E-state index contributed by atoms with van der Waals surface area (Å²) in [6.45, 7) is 0. The summed E-state index contributed by atoms with van der Waals surface area (Å²) >= 11 is -2.86. The summed E-state index contributed by atoms with van der Waals surface area (Å²) in [6.07, 6.45) is 5.24. The zero-order chi connectivity index (χ0) is 59.0. The Balaban J connectivity index is 0.000000160. The van der Waals surface area contributed by atoms with Crippen LogP contribution < -0.4 is 11.4 Å². The second kappa shape index (κ2) is 23.1. The third-order valence-corrected chi connectivity index (χ3v) is 17.9. The van der Waals surface area contributed by atoms with Crippen molar-refractivity contribution < 1.29 is 11.4 Å². The fourth-order valence-electron chi connectivity index (χ4n) is 12.4. The first-order valence-electron chi connectivity index (χ1n) is 29.7. The van der Waals surface area contributed by atoms with Crippen molar-refractivity contribution in [2.75, 3.05) is 0 Å². The van der Waals surface area contributed by atoms with Gasteiger partial charge in [0.05, 0.1) is 11.0 Å². The van der Waals surface area contributed by atoms with Crippen LogP contribution in [0.3, 0.4) is 0 Å². The summed E-state index contributed by atoms with van der Waals surface area (Å²) in [5, 5.41) is 12.9. The van der Waals surface area contributed by atoms with Crippen molar-refractivity contribution in [3.05, 3.63) is 316 Å². The fraction of sp³-hybridized carbons (Fsp3) is 0. The lowest BCUT2D eigenvalue weighted by Gasteiger charge is -2.19. The smallest absolute Gasteiger partial charge is 0.576 e. The van der Waals surface area contributed by atoms with Gasteiger partial charge in [0, 0.05) is 46.0 Å². The maximum absolute atomic E-state index is 6.41. The van der Waals surface area contributed by atoms with Gasteiger partial charge in [-0.1, -0.05) is 218 Å². The van der Waals surface area contributed by atoms with E-state index in [9.17, 15) is 0 Å². The van der Waals surface area contributed by atoms with E-state index in [4.69, 9.17) is 16.3 Å². The van der Waals surface area contributed by atoms with E-state index in [1.165, 1.54) is 70.9 Å². The van der Waals surface area contributed by atoms with E-state index in [-0.39, 0.29) is 0 Å². The molecule has 0 aliphatic heterocycles. The van der Waals surface area contributed by atoms with Crippen molar-refractivity contribution in [1.29, 1.82) is 0 Å². The Morgan fingerprint density at radius 2 is 0.697 bits per heavy atom. The van der Waals surface area contributed by atoms with Crippen LogP contribution in [0, 0.1) is 0 Å². The van der Waals surface area contributed by atoms with Crippen LogP contribution in [0.1, 0.15) is 0 Å². The largest absolute Gasteiger partial charge is 1.20 e. The van der Waals surface area contributed by atoms with Crippen LogP contribution in [0.25, 0.3) is 137 Å². The Kier molecular flexibility index (Phi) is 13.8. The number of rotatable bonds is 11. The highest BCUT2D eigenvalue weighted by atomic mass is 27.3. The van der Waals surface area contributed by atoms with Crippen LogP contribution in [-0.4, -0.2) is 39.7 Å². The molecule has 0 atom stereocenters. The Morgan fingerprint density at radius 3 is 1.25 bits per heavy atom. The number of fused-ring (bicyclic) bond motifs is 8. The molecule has 13 aromatic carbocycles. The summed E-state index contributed by atoms with van der Waals surface area (Å²) in [6, 6.07) is 104. The number of benzene rings is 13. The standard InChI is InChI=1S/C53H34N2.3C9H7NO.Al/c1-2-16-44(17-3-1)55-50-21-11-10-20-49(50)54-53(55)38-26-22-37(23-27-38)41-30-31-47-48(34-41)52(43-29-25-36-13-5-7-15-40(36)33-43)46-19-9-8-18-45(46)51(47)42-28-24-35-12-4-6-14-39(35)32-42;3*11-8-5-1-3-7-4-2-6-10-9(7)8;/h1-34H;3*1-6,11H;/q;;;;+3/p-3. The van der Waals surface area contributed by atoms with Gasteiger partial charge < -0.3 is 11.4 Å². The number of imidazole rings is 1. The molecule has 0 unspecified atom stereocenters. The van der Waals surface area contributed by atoms with Crippen molar-refractivity contribution in [3.8, 4) is 67.7 Å². The molecule has 0 fully saturated rings. The third-order valence-electron chi connectivity index (χ3n) is 16.6. The van der Waals surface area contributed by atoms with Crippen LogP contribution in [-0.2, 0) is 0 Å². The van der Waals surface area contributed by atoms with Crippen molar-refractivity contribution in [2.45, 2.75) is 0 Å². The average Bonchev–Trinajstić information content (AvgIpc) is 1.37. The highest BCUT2D eigenvalue weighted by molar-refractivity contribution is 6.40. The minimum absolute atomic E-state index is 0.608. The molecule has 17 rings (SSSR count). The second-order valence-corrected chi connectivity index (χ2v) is 23.3. The zero-order valence-electron chi connectivity index (χ0n) is 48.1. The lowest BCUT2D eigenvalue weighted by atomic mass is 9.84. The molecule has 0 N–H and O–H groups in total. The van der Waals surface area contributed by atoms with Crippen LogP contribution in [0.5, 0.6) is 17.2 Å². The number of pyridine rings is 3. The van der Waals surface area contributed by atoms with Crippen LogP contribution in [0.15, 0.2) is 316 Å². The van der Waals surface area contributed by atoms with Gasteiger partial charge in [-0.2, -0.15) is 0 Å². The minimum Gasteiger partial charge on any atom is -0.576 e. The Morgan fingerprint density at radius 1 is 0.281 bits per heavy atom. The predicted octanol–water partition coefficient (Wildman–Crippen LogP) is 20.2. The molecule has 0 spiro atoms. The van der Waals surface area contributed by atoms with E-state index >= 15 is 0 Å². The molecule has 89 heavy (non-hydrogen) atoms. The number of para-hydroxylation sites is 6. The summed E-state index contributed by atoms with van der Waals surface area (Å²) in [4.78, 5) is 18.6. The van der Waals surface area contributed by atoms with Crippen LogP contribution in [0.2, 0.25) is 0 Å². The first-order valence-corrected chi connectivity index (χ1v) is 31.2. The average molecular weight is 1160 g/mol. The molecule has 0 radical (unpaired) electrons. The molecule has 4 aromatic heterocycles. The molecule has 0 saturated heterocycles. The van der Waals surface area contributed by atoms with E-state index in [2.05, 4.69) is 226 Å². The maximum atomic E-state index is 6.41. The highest BCUT2D eigenvalue weighted by Gasteiger charge is 2.46. The third kappa shape index (κ3) is 10.2. The second-order valence-electron chi connectivity index (χ2n) is 22.0. The van der Waals surface area contributed by atoms with Crippen LogP contribution >= 0.6 is 0 Å². The molecule has 418 valence electrons. The van der Waals surface area contributed by atoms with Crippen molar-refractivity contribution >= 4 is 102 Å². The van der Waals surface area contributed by atoms with Gasteiger partial charge in [-0.3, -0.25) is 19.5 Å². The van der Waals surface area contributed by atoms with Crippen molar-refractivity contribution in [2.24, 2.45) is 0 Å². The first kappa shape index (κ1) is 53.0. The molecule has 0 aliphatic rings. The minimum atomic E-state index is -2.86. The van der Waals surface area contributed by atoms with E-state index in [0.717, 1.165) is 66.4 Å². The SMILES string of the molecule is c1ccc(-n2c(-c3ccc(-c4ccc5c(-c6ccc7ccccc7c6)c6ccccc6c(-c6ccc7ccccc7c6)c5c4)cc3)nc3ccccc32)cc1.c1cnc2c([O][Al]([O]c3cccc4cccnc34)[O]c3cccc4cccnc34)cccc2c1. The van der Waals surface area contributed by atoms with Gasteiger partial charge in [0.2, 0.25) is 0 Å². The molecular formula is C80H52AlN5O3. The molecule has 0 saturated carbocycles. The van der Waals surface area contributed by atoms with Gasteiger partial charge in [-0.05, 0) is 155 Å². The maximum Gasteiger partial charge on any atom is 1.20 e. The van der Waals surface area contributed by atoms with Gasteiger partial charge in [0.15, 0.2) is 0 Å². The van der Waals surface area contributed by atoms with E-state index < -0.39 is 15.1 Å². The molecule has 17 aromatic rings. The van der Waals surface area contributed by atoms with Crippen molar-refractivity contribution in [3.63, 3.8) is 0 Å². The lowest BCUT2D eigenvalue weighted by Crippen LogP contribution is -2.37. The molecule has 0 aliphatic carbocycles. The van der Waals surface area contributed by atoms with Crippen LogP contribution in [0.4, 0.5) is 0 Å². The molecule has 8 nitrogen and oxygen atoms in total. The monoisotopic (exact) mass is 1160 g/mol. The normalized spacial score (nSPS) is 11.4. The summed E-state index contributed by atoms with van der Waals surface area (Å²) in [5.41, 5.74) is 13.8. The molecule has 9 heteroatoms. The quantitative estimate of drug-likeness (QED) is 0.0942. The van der Waals surface area contributed by atoms with Gasteiger partial charge >= 0.3 is 15.1 Å². The van der Waals surface area contributed by atoms with Gasteiger partial charge in [-0.15, -0.1) is 0 Å². The fourth-order valence-corrected chi connectivity index (χ4v) is 13.8. The number of aromatic nitrogens is 5. The summed E-state index contributed by atoms with van der Waals surface area (Å²) in [5.74, 6) is 2.76. The molecular weight excluding hydrogens is 1110 g/mol. The van der Waals surface area contributed by atoms with E-state index in [1.54, 1.807) is 18.6 Å². The lowest BCUT2D eigenvalue weighted by molar-refractivity contribution is 0.311. The van der Waals surface area contributed by atoms with E-state index in [0.29, 0.717) is 17.2 Å². The summed E-state index contributed by atoms with van der Waals surface area (Å²) in [7, 11) is 0. The number of hydrogen-bond donors (Lipinski definition) is 0. The molecule has 0 amide bonds. The Labute approximate surface area is 518 Å². The number of nitrogens with zero attached hydrogens (tertiary/aromatic N) is 5. The molecule has 4 heterocycles.